The van der Waals surface area contributed by atoms with Crippen LogP contribution in [-0.4, -0.2) is 24.9 Å². The lowest BCUT2D eigenvalue weighted by molar-refractivity contribution is 0.0846. The van der Waals surface area contributed by atoms with Gasteiger partial charge in [-0.2, -0.15) is 0 Å². The Morgan fingerprint density at radius 1 is 0.583 bits per heavy atom. The third kappa shape index (κ3) is 6.72. The van der Waals surface area contributed by atoms with Gasteiger partial charge in [-0.1, -0.05) is 228 Å². The molecule has 19 heteroatoms. The van der Waals surface area contributed by atoms with E-state index in [0.29, 0.717) is 0 Å². The first kappa shape index (κ1) is 38.4. The molecule has 1 unspecified atom stereocenters. The Hall–Kier alpha value is 4.40. The van der Waals surface area contributed by atoms with Crippen LogP contribution in [0.25, 0.3) is 0 Å². The molecular formula is C17H9Cl18O. The number of hydrogen-bond donors (Lipinski definition) is 0. The van der Waals surface area contributed by atoms with Crippen molar-refractivity contribution in [2.24, 2.45) is 0 Å². The van der Waals surface area contributed by atoms with E-state index in [1.54, 1.807) is 6.92 Å². The van der Waals surface area contributed by atoms with Gasteiger partial charge >= 0.3 is 0 Å². The minimum atomic E-state index is -2.72. The highest BCUT2D eigenvalue weighted by Gasteiger charge is 2.70. The third-order valence-corrected chi connectivity index (χ3v) is 15.7. The van der Waals surface area contributed by atoms with Gasteiger partial charge in [-0.3, -0.25) is 0 Å². The molecule has 0 heterocycles. The Morgan fingerprint density at radius 3 is 1.28 bits per heavy atom. The molecule has 1 aromatic rings. The Balaban J connectivity index is 4.01. The molecule has 0 aromatic heterocycles. The van der Waals surface area contributed by atoms with Crippen molar-refractivity contribution in [1.82, 2.24) is 0 Å². The molecule has 0 aliphatic carbocycles. The quantitative estimate of drug-likeness (QED) is 0.232. The summed E-state index contributed by atoms with van der Waals surface area (Å²) < 4.78 is -20.8. The normalized spacial score (nSPS) is 16.3. The molecule has 1 rings (SSSR count). The van der Waals surface area contributed by atoms with Gasteiger partial charge in [0.1, 0.15) is 6.10 Å². The summed E-state index contributed by atoms with van der Waals surface area (Å²) in [6.07, 6.45) is -1.40. The molecule has 0 saturated heterocycles. The standard InChI is InChI=1S/C17H9Cl18O/c1-2-9(36)7-4-3-6(10(18,19)12(22,23)14(26,27)16(30,31)32)5-8(7)11(20,21)13(24,25)15(28,29)17(33,34)35/h3-5,9H,2H2,1H3. The lowest BCUT2D eigenvalue weighted by Gasteiger charge is -2.46. The average Bonchev–Trinajstić information content (AvgIpc) is 2.70. The highest BCUT2D eigenvalue weighted by molar-refractivity contribution is 6.81. The van der Waals surface area contributed by atoms with E-state index in [2.05, 4.69) is 0 Å². The summed E-state index contributed by atoms with van der Waals surface area (Å²) in [6, 6.07) is 3.54. The van der Waals surface area contributed by atoms with Crippen LogP contribution >= 0.6 is 209 Å². The number of hydrogen-bond acceptors (Lipinski definition) is 0. The van der Waals surface area contributed by atoms with Crippen molar-refractivity contribution < 1.29 is 5.11 Å². The van der Waals surface area contributed by atoms with E-state index >= 15 is 0 Å². The zero-order chi connectivity index (χ0) is 29.1. The molecule has 0 aliphatic heterocycles. The summed E-state index contributed by atoms with van der Waals surface area (Å²) in [4.78, 5) is 0. The van der Waals surface area contributed by atoms with Gasteiger partial charge < -0.3 is 0 Å². The van der Waals surface area contributed by atoms with Gasteiger partial charge in [0.15, 0.2) is 17.3 Å². The van der Waals surface area contributed by atoms with Crippen molar-refractivity contribution >= 4 is 209 Å². The Labute approximate surface area is 298 Å². The molecule has 0 spiro atoms. The fourth-order valence-corrected chi connectivity index (χ4v) is 7.13. The highest BCUT2D eigenvalue weighted by atomic mass is 35.6. The van der Waals surface area contributed by atoms with Gasteiger partial charge in [-0.05, 0) is 29.2 Å². The number of benzene rings is 1. The predicted molar refractivity (Wildman–Crippen MR) is 165 cm³/mol. The van der Waals surface area contributed by atoms with E-state index in [1.807, 2.05) is 0 Å². The minimum absolute atomic E-state index is 0.0476. The number of rotatable bonds is 8. The Bertz CT molecular complexity index is 942. The van der Waals surface area contributed by atoms with Gasteiger partial charge in [0, 0.05) is 0 Å². The topological polar surface area (TPSA) is 19.9 Å². The molecule has 0 fully saturated rings. The third-order valence-electron chi connectivity index (χ3n) is 4.76. The van der Waals surface area contributed by atoms with E-state index in [0.717, 1.165) is 6.07 Å². The van der Waals surface area contributed by atoms with Crippen LogP contribution < -0.4 is 0 Å². The van der Waals surface area contributed by atoms with Crippen LogP contribution in [0.2, 0.25) is 0 Å². The van der Waals surface area contributed by atoms with Crippen LogP contribution in [0.1, 0.15) is 36.1 Å². The van der Waals surface area contributed by atoms with Crippen molar-refractivity contribution in [2.75, 3.05) is 0 Å². The Kier molecular flexibility index (Phi) is 13.3. The summed E-state index contributed by atoms with van der Waals surface area (Å²) >= 11 is 112. The lowest BCUT2D eigenvalue weighted by atomic mass is 9.91. The Morgan fingerprint density at radius 2 is 0.944 bits per heavy atom. The van der Waals surface area contributed by atoms with Crippen molar-refractivity contribution in [1.29, 1.82) is 0 Å². The SMILES string of the molecule is CCC([O])c1ccc(C(Cl)(Cl)C(Cl)(Cl)C(Cl)(Cl)C(Cl)(Cl)Cl)cc1C(Cl)(Cl)C(Cl)(Cl)C(Cl)(Cl)C(Cl)(Cl)Cl. The first-order valence-electron chi connectivity index (χ1n) is 8.78. The van der Waals surface area contributed by atoms with Gasteiger partial charge in [0.05, 0.1) is 0 Å². The first-order valence-corrected chi connectivity index (χ1v) is 15.6. The zero-order valence-electron chi connectivity index (χ0n) is 16.7. The molecule has 0 N–H and O–H groups in total. The zero-order valence-corrected chi connectivity index (χ0v) is 30.3. The average molecular weight is 867 g/mol. The molecule has 36 heavy (non-hydrogen) atoms. The summed E-state index contributed by atoms with van der Waals surface area (Å²) in [5.74, 6) is 0. The van der Waals surface area contributed by atoms with Crippen molar-refractivity contribution in [3.63, 3.8) is 0 Å². The highest BCUT2D eigenvalue weighted by Crippen LogP contribution is 2.68. The van der Waals surface area contributed by atoms with Crippen LogP contribution in [0.5, 0.6) is 0 Å². The summed E-state index contributed by atoms with van der Waals surface area (Å²) in [7, 11) is 0. The summed E-state index contributed by atoms with van der Waals surface area (Å²) in [5, 5.41) is 12.8. The van der Waals surface area contributed by atoms with Crippen LogP contribution in [-0.2, 0) is 13.8 Å². The lowest BCUT2D eigenvalue weighted by Crippen LogP contribution is -2.55. The summed E-state index contributed by atoms with van der Waals surface area (Å²) in [5.41, 5.74) is -0.571. The maximum absolute atomic E-state index is 12.8. The smallest absolute Gasteiger partial charge is 0.226 e. The van der Waals surface area contributed by atoms with Crippen LogP contribution in [0.4, 0.5) is 0 Å². The molecule has 0 saturated carbocycles. The van der Waals surface area contributed by atoms with Crippen LogP contribution in [0.15, 0.2) is 18.2 Å². The predicted octanol–water partition coefficient (Wildman–Crippen LogP) is 13.3. The molecular weight excluding hydrogens is 858 g/mol. The van der Waals surface area contributed by atoms with Gasteiger partial charge in [0.25, 0.3) is 0 Å². The molecule has 1 aromatic carbocycles. The van der Waals surface area contributed by atoms with Crippen molar-refractivity contribution in [2.45, 2.75) is 53.0 Å². The number of halogens is 18. The van der Waals surface area contributed by atoms with Crippen molar-refractivity contribution in [3.8, 4) is 0 Å². The second kappa shape index (κ2) is 12.4. The second-order valence-electron chi connectivity index (χ2n) is 7.14. The van der Waals surface area contributed by atoms with Gasteiger partial charge in [0.2, 0.25) is 16.3 Å². The molecule has 209 valence electrons. The molecule has 1 radical (unpaired) electrons. The molecule has 0 aliphatic rings. The van der Waals surface area contributed by atoms with E-state index < -0.39 is 39.7 Å². The molecule has 1 atom stereocenters. The minimum Gasteiger partial charge on any atom is -0.228 e. The van der Waals surface area contributed by atoms with E-state index in [1.165, 1.54) is 12.1 Å². The van der Waals surface area contributed by atoms with Gasteiger partial charge in [-0.15, -0.1) is 0 Å². The number of alkyl halides is 18. The van der Waals surface area contributed by atoms with E-state index in [9.17, 15) is 5.11 Å². The maximum Gasteiger partial charge on any atom is 0.226 e. The largest absolute Gasteiger partial charge is 0.228 e. The fraction of sp³-hybridized carbons (Fsp3) is 0.647. The molecule has 1 nitrogen and oxygen atoms in total. The summed E-state index contributed by atoms with van der Waals surface area (Å²) in [6.45, 7) is 1.58. The van der Waals surface area contributed by atoms with Gasteiger partial charge in [-0.25, -0.2) is 5.11 Å². The molecule has 0 amide bonds. The molecule has 0 bridgehead atoms. The maximum atomic E-state index is 12.8. The van der Waals surface area contributed by atoms with E-state index in [4.69, 9.17) is 209 Å². The second-order valence-corrected chi connectivity index (χ2v) is 19.7. The monoisotopic (exact) mass is 859 g/mol. The van der Waals surface area contributed by atoms with Crippen LogP contribution in [0.3, 0.4) is 0 Å². The first-order chi connectivity index (χ1) is 15.6. The van der Waals surface area contributed by atoms with E-state index in [-0.39, 0.29) is 23.1 Å². The van der Waals surface area contributed by atoms with Crippen molar-refractivity contribution in [3.05, 3.63) is 34.9 Å². The fourth-order valence-electron chi connectivity index (χ4n) is 2.62. The van der Waals surface area contributed by atoms with Crippen LogP contribution in [0, 0.1) is 0 Å².